The van der Waals surface area contributed by atoms with E-state index in [2.05, 4.69) is 16.8 Å². The van der Waals surface area contributed by atoms with Crippen LogP contribution < -0.4 is 5.32 Å². The van der Waals surface area contributed by atoms with Gasteiger partial charge in [-0.25, -0.2) is 0 Å². The summed E-state index contributed by atoms with van der Waals surface area (Å²) in [5.41, 5.74) is 1.17. The number of nitrogens with zero attached hydrogens (tertiary/aromatic N) is 1. The van der Waals surface area contributed by atoms with Crippen LogP contribution in [0.4, 0.5) is 0 Å². The van der Waals surface area contributed by atoms with E-state index in [1.54, 1.807) is 0 Å². The largest absolute Gasteiger partial charge is 0.363 e. The SMILES string of the molecule is C=C(C)N1CCCNC1. The highest BCUT2D eigenvalue weighted by Gasteiger charge is 2.06. The average Bonchev–Trinajstić information content (AvgIpc) is 1.90. The summed E-state index contributed by atoms with van der Waals surface area (Å²) in [5.74, 6) is 0. The average molecular weight is 126 g/mol. The molecule has 0 amide bonds. The van der Waals surface area contributed by atoms with E-state index in [-0.39, 0.29) is 0 Å². The van der Waals surface area contributed by atoms with Crippen LogP contribution in [0.15, 0.2) is 12.3 Å². The first kappa shape index (κ1) is 6.62. The van der Waals surface area contributed by atoms with Crippen LogP contribution in [0.25, 0.3) is 0 Å². The van der Waals surface area contributed by atoms with Gasteiger partial charge in [-0.15, -0.1) is 0 Å². The summed E-state index contributed by atoms with van der Waals surface area (Å²) >= 11 is 0. The van der Waals surface area contributed by atoms with Crippen molar-refractivity contribution in [2.75, 3.05) is 19.8 Å². The Kier molecular flexibility index (Phi) is 2.11. The highest BCUT2D eigenvalue weighted by Crippen LogP contribution is 2.02. The number of rotatable bonds is 1. The molecule has 0 saturated carbocycles. The van der Waals surface area contributed by atoms with Crippen molar-refractivity contribution in [3.8, 4) is 0 Å². The molecule has 0 aromatic carbocycles. The van der Waals surface area contributed by atoms with Crippen LogP contribution in [0.2, 0.25) is 0 Å². The van der Waals surface area contributed by atoms with Crippen LogP contribution in [0.3, 0.4) is 0 Å². The van der Waals surface area contributed by atoms with Crippen LogP contribution in [-0.4, -0.2) is 24.7 Å². The van der Waals surface area contributed by atoms with Crippen molar-refractivity contribution in [3.05, 3.63) is 12.3 Å². The summed E-state index contributed by atoms with van der Waals surface area (Å²) in [7, 11) is 0. The lowest BCUT2D eigenvalue weighted by atomic mass is 10.3. The molecule has 1 heterocycles. The van der Waals surface area contributed by atoms with E-state index in [0.717, 1.165) is 13.2 Å². The van der Waals surface area contributed by atoms with Gasteiger partial charge in [0.25, 0.3) is 0 Å². The van der Waals surface area contributed by atoms with Crippen molar-refractivity contribution in [1.29, 1.82) is 0 Å². The second-order valence-electron chi connectivity index (χ2n) is 2.51. The topological polar surface area (TPSA) is 15.3 Å². The predicted molar refractivity (Wildman–Crippen MR) is 39.0 cm³/mol. The van der Waals surface area contributed by atoms with Gasteiger partial charge in [0.15, 0.2) is 0 Å². The third-order valence-electron chi connectivity index (χ3n) is 1.62. The zero-order valence-electron chi connectivity index (χ0n) is 5.98. The van der Waals surface area contributed by atoms with Crippen molar-refractivity contribution in [2.24, 2.45) is 0 Å². The molecule has 0 aromatic rings. The summed E-state index contributed by atoms with van der Waals surface area (Å²) in [6, 6.07) is 0. The molecule has 2 nitrogen and oxygen atoms in total. The standard InChI is InChI=1S/C7H14N2/c1-7(2)9-5-3-4-8-6-9/h8H,1,3-6H2,2H3. The fourth-order valence-corrected chi connectivity index (χ4v) is 1.01. The van der Waals surface area contributed by atoms with E-state index < -0.39 is 0 Å². The fourth-order valence-electron chi connectivity index (χ4n) is 1.01. The second-order valence-corrected chi connectivity index (χ2v) is 2.51. The van der Waals surface area contributed by atoms with Crippen molar-refractivity contribution >= 4 is 0 Å². The van der Waals surface area contributed by atoms with Crippen LogP contribution in [-0.2, 0) is 0 Å². The molecule has 1 N–H and O–H groups in total. The molecule has 2 heteroatoms. The lowest BCUT2D eigenvalue weighted by molar-refractivity contribution is 0.271. The smallest absolute Gasteiger partial charge is 0.0678 e. The Hall–Kier alpha value is -0.500. The molecule has 1 aliphatic heterocycles. The van der Waals surface area contributed by atoms with Gasteiger partial charge in [-0.05, 0) is 19.9 Å². The van der Waals surface area contributed by atoms with Gasteiger partial charge in [-0.3, -0.25) is 5.32 Å². The van der Waals surface area contributed by atoms with Gasteiger partial charge in [0.05, 0.1) is 6.67 Å². The van der Waals surface area contributed by atoms with Gasteiger partial charge in [0, 0.05) is 12.2 Å². The van der Waals surface area contributed by atoms with E-state index in [0.29, 0.717) is 0 Å². The Morgan fingerprint density at radius 2 is 2.44 bits per heavy atom. The van der Waals surface area contributed by atoms with E-state index in [4.69, 9.17) is 0 Å². The predicted octanol–water partition coefficient (Wildman–Crippen LogP) is 0.773. The first-order chi connectivity index (χ1) is 4.30. The minimum atomic E-state index is 0.981. The Morgan fingerprint density at radius 3 is 2.78 bits per heavy atom. The van der Waals surface area contributed by atoms with Gasteiger partial charge >= 0.3 is 0 Å². The number of hydrogen-bond acceptors (Lipinski definition) is 2. The van der Waals surface area contributed by atoms with Crippen molar-refractivity contribution in [2.45, 2.75) is 13.3 Å². The maximum Gasteiger partial charge on any atom is 0.0678 e. The van der Waals surface area contributed by atoms with Gasteiger partial charge in [-0.2, -0.15) is 0 Å². The normalized spacial score (nSPS) is 19.9. The molecule has 0 bridgehead atoms. The molecule has 0 aliphatic carbocycles. The number of allylic oxidation sites excluding steroid dienone is 1. The Bertz CT molecular complexity index is 103. The maximum absolute atomic E-state index is 3.86. The molecule has 9 heavy (non-hydrogen) atoms. The lowest BCUT2D eigenvalue weighted by Gasteiger charge is -2.29. The molecule has 0 aromatic heterocycles. The van der Waals surface area contributed by atoms with Crippen LogP contribution in [0, 0.1) is 0 Å². The van der Waals surface area contributed by atoms with Crippen molar-refractivity contribution in [1.82, 2.24) is 10.2 Å². The quantitative estimate of drug-likeness (QED) is 0.558. The molecule has 1 aliphatic rings. The lowest BCUT2D eigenvalue weighted by Crippen LogP contribution is -2.39. The summed E-state index contributed by atoms with van der Waals surface area (Å²) in [6.07, 6.45) is 1.24. The van der Waals surface area contributed by atoms with E-state index in [1.165, 1.54) is 18.7 Å². The molecular weight excluding hydrogens is 112 g/mol. The van der Waals surface area contributed by atoms with Gasteiger partial charge in [-0.1, -0.05) is 6.58 Å². The molecule has 1 rings (SSSR count). The van der Waals surface area contributed by atoms with Crippen LogP contribution in [0.5, 0.6) is 0 Å². The third-order valence-corrected chi connectivity index (χ3v) is 1.62. The summed E-state index contributed by atoms with van der Waals surface area (Å²) in [4.78, 5) is 2.25. The zero-order valence-corrected chi connectivity index (χ0v) is 5.98. The Morgan fingerprint density at radius 1 is 1.67 bits per heavy atom. The summed E-state index contributed by atoms with van der Waals surface area (Å²) in [5, 5.41) is 3.28. The summed E-state index contributed by atoms with van der Waals surface area (Å²) < 4.78 is 0. The molecule has 0 unspecified atom stereocenters. The van der Waals surface area contributed by atoms with Gasteiger partial charge in [0.1, 0.15) is 0 Å². The Balaban J connectivity index is 2.31. The third kappa shape index (κ3) is 1.72. The molecule has 1 fully saturated rings. The minimum Gasteiger partial charge on any atom is -0.363 e. The van der Waals surface area contributed by atoms with Crippen molar-refractivity contribution < 1.29 is 0 Å². The molecule has 0 spiro atoms. The molecule has 52 valence electrons. The monoisotopic (exact) mass is 126 g/mol. The van der Waals surface area contributed by atoms with E-state index in [9.17, 15) is 0 Å². The molecule has 1 saturated heterocycles. The number of hydrogen-bond donors (Lipinski definition) is 1. The van der Waals surface area contributed by atoms with Gasteiger partial charge < -0.3 is 4.90 Å². The zero-order chi connectivity index (χ0) is 6.69. The van der Waals surface area contributed by atoms with Crippen molar-refractivity contribution in [3.63, 3.8) is 0 Å². The summed E-state index contributed by atoms with van der Waals surface area (Å²) in [6.45, 7) is 9.22. The molecule has 0 radical (unpaired) electrons. The van der Waals surface area contributed by atoms with E-state index >= 15 is 0 Å². The first-order valence-electron chi connectivity index (χ1n) is 3.42. The van der Waals surface area contributed by atoms with E-state index in [1.807, 2.05) is 6.92 Å². The highest BCUT2D eigenvalue weighted by atomic mass is 15.2. The second kappa shape index (κ2) is 2.87. The van der Waals surface area contributed by atoms with Crippen LogP contribution >= 0.6 is 0 Å². The maximum atomic E-state index is 3.86. The van der Waals surface area contributed by atoms with Crippen LogP contribution in [0.1, 0.15) is 13.3 Å². The number of nitrogens with one attached hydrogen (secondary N) is 1. The fraction of sp³-hybridized carbons (Fsp3) is 0.714. The molecule has 0 atom stereocenters. The highest BCUT2D eigenvalue weighted by molar-refractivity contribution is 4.89. The first-order valence-corrected chi connectivity index (χ1v) is 3.42. The molecular formula is C7H14N2. The minimum absolute atomic E-state index is 0.981. The van der Waals surface area contributed by atoms with Gasteiger partial charge in [0.2, 0.25) is 0 Å². The Labute approximate surface area is 56.5 Å².